The number of carbonyl (C=O) groups excluding carboxylic acids is 2. The van der Waals surface area contributed by atoms with Crippen LogP contribution in [0.4, 0.5) is 0 Å². The van der Waals surface area contributed by atoms with Crippen LogP contribution in [0.5, 0.6) is 5.75 Å². The molecule has 23 heavy (non-hydrogen) atoms. The molecular weight excluding hydrogens is 362 g/mol. The molecule has 0 heterocycles. The Kier molecular flexibility index (Phi) is 6.17. The van der Waals surface area contributed by atoms with Crippen molar-refractivity contribution in [3.63, 3.8) is 0 Å². The molecule has 2 aromatic rings. The van der Waals surface area contributed by atoms with Gasteiger partial charge < -0.3 is 14.8 Å². The second-order valence-electron chi connectivity index (χ2n) is 4.66. The molecule has 5 nitrogen and oxygen atoms in total. The SMILES string of the molecule is COc1ccccc1COC(=O)CNC(=O)c1ccc(Br)cc1. The normalized spacial score (nSPS) is 10.0. The summed E-state index contributed by atoms with van der Waals surface area (Å²) in [6.45, 7) is -0.0962. The van der Waals surface area contributed by atoms with Crippen molar-refractivity contribution < 1.29 is 19.1 Å². The fraction of sp³-hybridized carbons (Fsp3) is 0.176. The summed E-state index contributed by atoms with van der Waals surface area (Å²) in [4.78, 5) is 23.6. The molecule has 0 aliphatic carbocycles. The summed E-state index contributed by atoms with van der Waals surface area (Å²) >= 11 is 3.30. The van der Waals surface area contributed by atoms with Gasteiger partial charge in [0.15, 0.2) is 0 Å². The lowest BCUT2D eigenvalue weighted by Gasteiger charge is -2.09. The van der Waals surface area contributed by atoms with Gasteiger partial charge in [0.25, 0.3) is 5.91 Å². The van der Waals surface area contributed by atoms with Crippen LogP contribution in [-0.4, -0.2) is 25.5 Å². The lowest BCUT2D eigenvalue weighted by atomic mass is 10.2. The number of ether oxygens (including phenoxy) is 2. The summed E-state index contributed by atoms with van der Waals surface area (Å²) in [5.41, 5.74) is 1.24. The average Bonchev–Trinajstić information content (AvgIpc) is 2.58. The first-order valence-corrected chi connectivity index (χ1v) is 7.70. The fourth-order valence-corrected chi connectivity index (χ4v) is 2.15. The molecule has 0 bridgehead atoms. The van der Waals surface area contributed by atoms with Gasteiger partial charge in [0.1, 0.15) is 18.9 Å². The molecule has 0 atom stereocenters. The van der Waals surface area contributed by atoms with E-state index in [0.29, 0.717) is 11.3 Å². The summed E-state index contributed by atoms with van der Waals surface area (Å²) < 4.78 is 11.2. The van der Waals surface area contributed by atoms with Crippen molar-refractivity contribution in [3.05, 3.63) is 64.1 Å². The van der Waals surface area contributed by atoms with E-state index in [2.05, 4.69) is 21.2 Å². The number of hydrogen-bond acceptors (Lipinski definition) is 4. The van der Waals surface area contributed by atoms with Crippen molar-refractivity contribution in [1.82, 2.24) is 5.32 Å². The Labute approximate surface area is 142 Å². The summed E-state index contributed by atoms with van der Waals surface area (Å²) in [6.07, 6.45) is 0. The molecule has 0 fully saturated rings. The highest BCUT2D eigenvalue weighted by Crippen LogP contribution is 2.17. The number of nitrogens with one attached hydrogen (secondary N) is 1. The van der Waals surface area contributed by atoms with Gasteiger partial charge in [-0.15, -0.1) is 0 Å². The summed E-state index contributed by atoms with van der Waals surface area (Å²) in [7, 11) is 1.55. The molecule has 2 aromatic carbocycles. The smallest absolute Gasteiger partial charge is 0.325 e. The second kappa shape index (κ2) is 8.33. The molecule has 0 aliphatic heterocycles. The zero-order valence-corrected chi connectivity index (χ0v) is 14.1. The first kappa shape index (κ1) is 17.0. The number of methoxy groups -OCH3 is 1. The number of para-hydroxylation sites is 1. The van der Waals surface area contributed by atoms with Crippen LogP contribution in [0, 0.1) is 0 Å². The number of rotatable bonds is 6. The van der Waals surface area contributed by atoms with Gasteiger partial charge in [0, 0.05) is 15.6 Å². The molecular formula is C17H16BrNO4. The number of carbonyl (C=O) groups is 2. The highest BCUT2D eigenvalue weighted by Gasteiger charge is 2.10. The Morgan fingerprint density at radius 1 is 1.09 bits per heavy atom. The van der Waals surface area contributed by atoms with Crippen LogP contribution in [0.15, 0.2) is 53.0 Å². The van der Waals surface area contributed by atoms with Gasteiger partial charge in [-0.25, -0.2) is 0 Å². The van der Waals surface area contributed by atoms with E-state index in [1.807, 2.05) is 18.2 Å². The molecule has 120 valence electrons. The number of hydrogen-bond donors (Lipinski definition) is 1. The predicted octanol–water partition coefficient (Wildman–Crippen LogP) is 2.93. The zero-order valence-electron chi connectivity index (χ0n) is 12.5. The summed E-state index contributed by atoms with van der Waals surface area (Å²) in [5.74, 6) is -0.188. The molecule has 0 radical (unpaired) electrons. The Hall–Kier alpha value is -2.34. The van der Waals surface area contributed by atoms with E-state index in [1.54, 1.807) is 37.4 Å². The van der Waals surface area contributed by atoms with Crippen LogP contribution in [0.2, 0.25) is 0 Å². The van der Waals surface area contributed by atoms with Crippen molar-refractivity contribution >= 4 is 27.8 Å². The lowest BCUT2D eigenvalue weighted by Crippen LogP contribution is -2.30. The quantitative estimate of drug-likeness (QED) is 0.786. The van der Waals surface area contributed by atoms with Crippen molar-refractivity contribution in [2.75, 3.05) is 13.7 Å². The highest BCUT2D eigenvalue weighted by molar-refractivity contribution is 9.10. The monoisotopic (exact) mass is 377 g/mol. The second-order valence-corrected chi connectivity index (χ2v) is 5.58. The summed E-state index contributed by atoms with van der Waals surface area (Å²) in [6, 6.07) is 14.1. The fourth-order valence-electron chi connectivity index (χ4n) is 1.89. The van der Waals surface area contributed by atoms with Crippen LogP contribution in [0.25, 0.3) is 0 Å². The van der Waals surface area contributed by atoms with E-state index >= 15 is 0 Å². The van der Waals surface area contributed by atoms with E-state index in [1.165, 1.54) is 0 Å². The molecule has 0 aliphatic rings. The minimum absolute atomic E-state index is 0.0942. The van der Waals surface area contributed by atoms with Gasteiger partial charge in [-0.3, -0.25) is 9.59 Å². The van der Waals surface area contributed by atoms with E-state index < -0.39 is 5.97 Å². The maximum atomic E-state index is 11.9. The van der Waals surface area contributed by atoms with Crippen LogP contribution in [-0.2, 0) is 16.1 Å². The largest absolute Gasteiger partial charge is 0.496 e. The molecule has 0 saturated carbocycles. The number of halogens is 1. The van der Waals surface area contributed by atoms with Crippen LogP contribution >= 0.6 is 15.9 Å². The van der Waals surface area contributed by atoms with Crippen molar-refractivity contribution in [1.29, 1.82) is 0 Å². The highest BCUT2D eigenvalue weighted by atomic mass is 79.9. The third kappa shape index (κ3) is 5.10. The van der Waals surface area contributed by atoms with E-state index in [0.717, 1.165) is 10.0 Å². The van der Waals surface area contributed by atoms with Crippen molar-refractivity contribution in [2.24, 2.45) is 0 Å². The molecule has 0 aromatic heterocycles. The maximum absolute atomic E-state index is 11.9. The van der Waals surface area contributed by atoms with E-state index in [9.17, 15) is 9.59 Å². The maximum Gasteiger partial charge on any atom is 0.325 e. The van der Waals surface area contributed by atoms with Gasteiger partial charge in [-0.2, -0.15) is 0 Å². The molecule has 0 saturated heterocycles. The standard InChI is InChI=1S/C17H16BrNO4/c1-22-15-5-3-2-4-13(15)11-23-16(20)10-19-17(21)12-6-8-14(18)9-7-12/h2-9H,10-11H2,1H3,(H,19,21). The van der Waals surface area contributed by atoms with Crippen molar-refractivity contribution in [2.45, 2.75) is 6.61 Å². The molecule has 2 rings (SSSR count). The number of amides is 1. The molecule has 0 spiro atoms. The molecule has 6 heteroatoms. The van der Waals surface area contributed by atoms with E-state index in [-0.39, 0.29) is 19.1 Å². The van der Waals surface area contributed by atoms with Gasteiger partial charge in [0.05, 0.1) is 7.11 Å². The third-order valence-corrected chi connectivity index (χ3v) is 3.61. The Morgan fingerprint density at radius 2 is 1.78 bits per heavy atom. The minimum Gasteiger partial charge on any atom is -0.496 e. The zero-order chi connectivity index (χ0) is 16.7. The first-order valence-electron chi connectivity index (χ1n) is 6.91. The minimum atomic E-state index is -0.513. The van der Waals surface area contributed by atoms with Crippen LogP contribution in [0.3, 0.4) is 0 Å². The van der Waals surface area contributed by atoms with Gasteiger partial charge in [-0.1, -0.05) is 34.1 Å². The average molecular weight is 378 g/mol. The third-order valence-electron chi connectivity index (χ3n) is 3.08. The van der Waals surface area contributed by atoms with Gasteiger partial charge in [-0.05, 0) is 30.3 Å². The van der Waals surface area contributed by atoms with Gasteiger partial charge >= 0.3 is 5.97 Å². The van der Waals surface area contributed by atoms with Crippen LogP contribution in [0.1, 0.15) is 15.9 Å². The Balaban J connectivity index is 1.81. The Morgan fingerprint density at radius 3 is 2.48 bits per heavy atom. The number of benzene rings is 2. The van der Waals surface area contributed by atoms with Crippen LogP contribution < -0.4 is 10.1 Å². The van der Waals surface area contributed by atoms with Gasteiger partial charge in [0.2, 0.25) is 0 Å². The predicted molar refractivity (Wildman–Crippen MR) is 89.3 cm³/mol. The van der Waals surface area contributed by atoms with Crippen molar-refractivity contribution in [3.8, 4) is 5.75 Å². The van der Waals surface area contributed by atoms with E-state index in [4.69, 9.17) is 9.47 Å². The molecule has 0 unspecified atom stereocenters. The molecule has 1 amide bonds. The number of esters is 1. The molecule has 1 N–H and O–H groups in total. The first-order chi connectivity index (χ1) is 11.1. The topological polar surface area (TPSA) is 64.6 Å². The summed E-state index contributed by atoms with van der Waals surface area (Å²) in [5, 5.41) is 2.52. The lowest BCUT2D eigenvalue weighted by molar-refractivity contribution is -0.143. The Bertz CT molecular complexity index is 685.